The smallest absolute Gasteiger partial charge is 0.271 e. The Kier molecular flexibility index (Phi) is 8.61. The van der Waals surface area contributed by atoms with Crippen molar-refractivity contribution in [2.24, 2.45) is 0 Å². The van der Waals surface area contributed by atoms with Crippen molar-refractivity contribution in [2.45, 2.75) is 31.6 Å². The number of carbonyl (C=O) groups is 2. The number of benzene rings is 2. The van der Waals surface area contributed by atoms with Gasteiger partial charge in [0.15, 0.2) is 11.0 Å². The molecule has 1 aromatic heterocycles. The molecule has 182 valence electrons. The average Bonchev–Trinajstić information content (AvgIpc) is 3.22. The largest absolute Gasteiger partial charge is 0.342 e. The minimum Gasteiger partial charge on any atom is -0.342 e. The van der Waals surface area contributed by atoms with E-state index in [1.54, 1.807) is 54.8 Å². The first-order valence-corrected chi connectivity index (χ1v) is 11.8. The van der Waals surface area contributed by atoms with Crippen LogP contribution in [0.3, 0.4) is 0 Å². The molecular weight excluding hydrogens is 492 g/mol. The van der Waals surface area contributed by atoms with E-state index in [1.807, 2.05) is 0 Å². The molecule has 0 unspecified atom stereocenters. The first-order valence-electron chi connectivity index (χ1n) is 10.5. The zero-order chi connectivity index (χ0) is 25.5. The summed E-state index contributed by atoms with van der Waals surface area (Å²) < 4.78 is 1.76. The number of thioether (sulfide) groups is 1. The molecule has 0 saturated heterocycles. The molecule has 0 saturated carbocycles. The van der Waals surface area contributed by atoms with Gasteiger partial charge in [-0.15, -0.1) is 16.8 Å². The second-order valence-corrected chi connectivity index (χ2v) is 8.91. The highest BCUT2D eigenvalue weighted by molar-refractivity contribution is 7.99. The number of halogens is 1. The second kappa shape index (κ2) is 11.6. The molecule has 12 heteroatoms. The van der Waals surface area contributed by atoms with Crippen molar-refractivity contribution in [3.05, 3.63) is 87.2 Å². The van der Waals surface area contributed by atoms with E-state index in [2.05, 4.69) is 27.4 Å². The van der Waals surface area contributed by atoms with Crippen LogP contribution in [-0.4, -0.2) is 37.3 Å². The van der Waals surface area contributed by atoms with Crippen molar-refractivity contribution in [1.29, 1.82) is 0 Å². The Morgan fingerprint density at radius 1 is 1.26 bits per heavy atom. The first kappa shape index (κ1) is 25.9. The van der Waals surface area contributed by atoms with Gasteiger partial charge >= 0.3 is 0 Å². The third kappa shape index (κ3) is 6.67. The van der Waals surface area contributed by atoms with Gasteiger partial charge in [0.25, 0.3) is 11.6 Å². The van der Waals surface area contributed by atoms with E-state index in [1.165, 1.54) is 12.1 Å². The van der Waals surface area contributed by atoms with Gasteiger partial charge in [0.05, 0.1) is 22.4 Å². The van der Waals surface area contributed by atoms with Gasteiger partial charge in [-0.2, -0.15) is 0 Å². The number of carbonyl (C=O) groups excluding carboxylic acids is 2. The van der Waals surface area contributed by atoms with Gasteiger partial charge in [-0.25, -0.2) is 0 Å². The van der Waals surface area contributed by atoms with E-state index in [-0.39, 0.29) is 23.3 Å². The molecule has 2 N–H and O–H groups in total. The average molecular weight is 515 g/mol. The van der Waals surface area contributed by atoms with E-state index in [4.69, 9.17) is 11.6 Å². The molecule has 10 nitrogen and oxygen atoms in total. The summed E-state index contributed by atoms with van der Waals surface area (Å²) in [6, 6.07) is 10.3. The maximum atomic E-state index is 12.6. The minimum atomic E-state index is -0.518. The summed E-state index contributed by atoms with van der Waals surface area (Å²) in [6.45, 7) is 7.66. The number of hydrogen-bond donors (Lipinski definition) is 2. The zero-order valence-electron chi connectivity index (χ0n) is 19.0. The molecule has 0 radical (unpaired) electrons. The number of anilines is 1. The molecule has 0 bridgehead atoms. The van der Waals surface area contributed by atoms with Crippen LogP contribution in [0.2, 0.25) is 5.02 Å². The summed E-state index contributed by atoms with van der Waals surface area (Å²) in [5.41, 5.74) is 1.43. The Hall–Kier alpha value is -3.70. The van der Waals surface area contributed by atoms with Crippen molar-refractivity contribution in [1.82, 2.24) is 20.1 Å². The van der Waals surface area contributed by atoms with Crippen molar-refractivity contribution in [2.75, 3.05) is 11.1 Å². The molecule has 0 spiro atoms. The highest BCUT2D eigenvalue weighted by atomic mass is 35.5. The van der Waals surface area contributed by atoms with Gasteiger partial charge in [0.2, 0.25) is 5.91 Å². The van der Waals surface area contributed by atoms with Crippen molar-refractivity contribution >= 4 is 46.6 Å². The van der Waals surface area contributed by atoms with Crippen LogP contribution in [0.4, 0.5) is 11.4 Å². The van der Waals surface area contributed by atoms with Gasteiger partial charge in [-0.3, -0.25) is 19.7 Å². The van der Waals surface area contributed by atoms with Crippen LogP contribution in [0.15, 0.2) is 60.3 Å². The zero-order valence-corrected chi connectivity index (χ0v) is 20.6. The Labute approximate surface area is 210 Å². The van der Waals surface area contributed by atoms with Crippen LogP contribution < -0.4 is 10.6 Å². The van der Waals surface area contributed by atoms with Crippen molar-refractivity contribution in [3.63, 3.8) is 0 Å². The fourth-order valence-corrected chi connectivity index (χ4v) is 4.03. The number of allylic oxidation sites excluding steroid dienone is 1. The van der Waals surface area contributed by atoms with Crippen LogP contribution >= 0.6 is 23.4 Å². The maximum absolute atomic E-state index is 12.6. The number of aryl methyl sites for hydroxylation is 1. The molecule has 3 rings (SSSR count). The second-order valence-electron chi connectivity index (χ2n) is 7.54. The van der Waals surface area contributed by atoms with E-state index < -0.39 is 11.0 Å². The van der Waals surface area contributed by atoms with Gasteiger partial charge in [0.1, 0.15) is 0 Å². The molecule has 3 aromatic rings. The number of nitro groups is 1. The van der Waals surface area contributed by atoms with Gasteiger partial charge < -0.3 is 15.2 Å². The predicted octanol–water partition coefficient (Wildman–Crippen LogP) is 4.56. The Bertz CT molecular complexity index is 1260. The number of nitro benzene ring substituents is 1. The molecule has 0 aliphatic rings. The van der Waals surface area contributed by atoms with Gasteiger partial charge in [-0.1, -0.05) is 35.5 Å². The van der Waals surface area contributed by atoms with E-state index in [0.717, 1.165) is 11.8 Å². The summed E-state index contributed by atoms with van der Waals surface area (Å²) in [6.07, 6.45) is 1.66. The van der Waals surface area contributed by atoms with Gasteiger partial charge in [-0.05, 0) is 43.7 Å². The fourth-order valence-electron chi connectivity index (χ4n) is 3.15. The van der Waals surface area contributed by atoms with Crippen LogP contribution in [0.25, 0.3) is 0 Å². The summed E-state index contributed by atoms with van der Waals surface area (Å²) in [7, 11) is 0. The van der Waals surface area contributed by atoms with Crippen LogP contribution in [-0.2, 0) is 11.3 Å². The number of amides is 2. The summed E-state index contributed by atoms with van der Waals surface area (Å²) in [5, 5.41) is 26.0. The number of non-ortho nitro benzene ring substituents is 1. The Morgan fingerprint density at radius 3 is 2.63 bits per heavy atom. The number of aromatic nitrogens is 3. The molecule has 0 fully saturated rings. The predicted molar refractivity (Wildman–Crippen MR) is 135 cm³/mol. The molecular formula is C23H23ClN6O4S. The highest BCUT2D eigenvalue weighted by Gasteiger charge is 2.21. The number of rotatable bonds is 10. The molecule has 0 aliphatic heterocycles. The molecule has 1 heterocycles. The number of nitrogens with zero attached hydrogens (tertiary/aromatic N) is 4. The third-order valence-corrected chi connectivity index (χ3v) is 6.16. The molecule has 0 aliphatic carbocycles. The standard InChI is InChI=1S/C23H23ClN6O4S/c1-4-11-29-21(15(3)25-22(32)16-6-8-17(24)9-7-16)27-28-23(29)35-13-20(31)26-19-12-18(30(33)34)10-5-14(19)2/h4-10,12,15H,1,11,13H2,2-3H3,(H,25,32)(H,26,31)/t15-/m0/s1. The molecule has 35 heavy (non-hydrogen) atoms. The van der Waals surface area contributed by atoms with E-state index in [0.29, 0.717) is 39.4 Å². The van der Waals surface area contributed by atoms with E-state index >= 15 is 0 Å². The molecule has 2 aromatic carbocycles. The third-order valence-electron chi connectivity index (χ3n) is 4.94. The monoisotopic (exact) mass is 514 g/mol. The van der Waals surface area contributed by atoms with Crippen LogP contribution in [0, 0.1) is 17.0 Å². The Balaban J connectivity index is 1.68. The number of nitrogens with one attached hydrogen (secondary N) is 2. The number of hydrogen-bond acceptors (Lipinski definition) is 7. The lowest BCUT2D eigenvalue weighted by Gasteiger charge is -2.15. The summed E-state index contributed by atoms with van der Waals surface area (Å²) in [5.74, 6) is -0.131. The molecule has 1 atom stereocenters. The SMILES string of the molecule is C=CCn1c(SCC(=O)Nc2cc([N+](=O)[O-])ccc2C)nnc1[C@H](C)NC(=O)c1ccc(Cl)cc1. The van der Waals surface area contributed by atoms with Crippen LogP contribution in [0.5, 0.6) is 0 Å². The van der Waals surface area contributed by atoms with E-state index in [9.17, 15) is 19.7 Å². The summed E-state index contributed by atoms with van der Waals surface area (Å²) >= 11 is 7.03. The molecule has 2 amide bonds. The fraction of sp³-hybridized carbons (Fsp3) is 0.217. The van der Waals surface area contributed by atoms with Crippen molar-refractivity contribution < 1.29 is 14.5 Å². The quantitative estimate of drug-likeness (QED) is 0.175. The lowest BCUT2D eigenvalue weighted by atomic mass is 10.2. The lowest BCUT2D eigenvalue weighted by Crippen LogP contribution is -2.28. The Morgan fingerprint density at radius 2 is 1.97 bits per heavy atom. The maximum Gasteiger partial charge on any atom is 0.271 e. The normalized spacial score (nSPS) is 11.5. The van der Waals surface area contributed by atoms with Crippen LogP contribution in [0.1, 0.15) is 34.7 Å². The first-order chi connectivity index (χ1) is 16.7. The summed E-state index contributed by atoms with van der Waals surface area (Å²) in [4.78, 5) is 35.6. The van der Waals surface area contributed by atoms with Crippen molar-refractivity contribution in [3.8, 4) is 0 Å². The topological polar surface area (TPSA) is 132 Å². The lowest BCUT2D eigenvalue weighted by molar-refractivity contribution is -0.384. The minimum absolute atomic E-state index is 0.00290. The van der Waals surface area contributed by atoms with Gasteiger partial charge in [0, 0.05) is 29.3 Å². The highest BCUT2D eigenvalue weighted by Crippen LogP contribution is 2.24.